The second-order valence-corrected chi connectivity index (χ2v) is 8.86. The summed E-state index contributed by atoms with van der Waals surface area (Å²) in [6.07, 6.45) is 1.84. The maximum Gasteiger partial charge on any atom is 0.252 e. The lowest BCUT2D eigenvalue weighted by Gasteiger charge is -2.36. The van der Waals surface area contributed by atoms with E-state index in [4.69, 9.17) is 4.84 Å². The number of hydrogen-bond acceptors (Lipinski definition) is 6. The number of aromatic nitrogens is 2. The molecule has 2 aliphatic heterocycles. The summed E-state index contributed by atoms with van der Waals surface area (Å²) in [4.78, 5) is 28.2. The van der Waals surface area contributed by atoms with E-state index in [1.165, 1.54) is 12.6 Å². The number of hydrogen-bond donors (Lipinski definition) is 0. The molecule has 31 heavy (non-hydrogen) atoms. The van der Waals surface area contributed by atoms with Crippen molar-refractivity contribution in [3.63, 3.8) is 0 Å². The molecule has 0 saturated carbocycles. The summed E-state index contributed by atoms with van der Waals surface area (Å²) in [5, 5.41) is 1.40. The SMILES string of the molecule is C[S@+]([O-])c1cc(N2CC[C@H](C(=O)N3OCC[C@@H]3c3cc(F)cc(F)c3)[C@H](F)C2)ncn1. The summed E-state index contributed by atoms with van der Waals surface area (Å²) in [5.74, 6) is -2.54. The highest BCUT2D eigenvalue weighted by Crippen LogP contribution is 2.35. The lowest BCUT2D eigenvalue weighted by Crippen LogP contribution is -2.49. The number of halogens is 3. The van der Waals surface area contributed by atoms with E-state index < -0.39 is 46.8 Å². The molecule has 1 aromatic heterocycles. The Morgan fingerprint density at radius 3 is 2.61 bits per heavy atom. The molecule has 2 aromatic rings. The molecule has 4 atom stereocenters. The van der Waals surface area contributed by atoms with Gasteiger partial charge in [-0.3, -0.25) is 9.63 Å². The van der Waals surface area contributed by atoms with Gasteiger partial charge in [0.25, 0.3) is 5.91 Å². The number of piperidine rings is 1. The molecular formula is C20H21F3N4O3S. The first-order valence-corrected chi connectivity index (χ1v) is 11.4. The molecule has 0 aliphatic carbocycles. The van der Waals surface area contributed by atoms with E-state index in [1.807, 2.05) is 0 Å². The first-order valence-electron chi connectivity index (χ1n) is 9.80. The van der Waals surface area contributed by atoms with Crippen molar-refractivity contribution >= 4 is 22.9 Å². The topological polar surface area (TPSA) is 81.6 Å². The molecule has 0 bridgehead atoms. The van der Waals surface area contributed by atoms with Crippen LogP contribution in [0.4, 0.5) is 19.0 Å². The third kappa shape index (κ3) is 4.63. The van der Waals surface area contributed by atoms with Gasteiger partial charge < -0.3 is 9.45 Å². The van der Waals surface area contributed by atoms with Crippen molar-refractivity contribution in [3.05, 3.63) is 47.8 Å². The Morgan fingerprint density at radius 2 is 1.94 bits per heavy atom. The van der Waals surface area contributed by atoms with Crippen LogP contribution in [0.3, 0.4) is 0 Å². The summed E-state index contributed by atoms with van der Waals surface area (Å²) >= 11 is -1.30. The van der Waals surface area contributed by atoms with E-state index in [-0.39, 0.29) is 25.1 Å². The number of alkyl halides is 1. The zero-order chi connectivity index (χ0) is 22.1. The van der Waals surface area contributed by atoms with Crippen LogP contribution in [0, 0.1) is 17.6 Å². The van der Waals surface area contributed by atoms with Crippen LogP contribution in [0.15, 0.2) is 35.6 Å². The highest BCUT2D eigenvalue weighted by molar-refractivity contribution is 7.90. The summed E-state index contributed by atoms with van der Waals surface area (Å²) in [6, 6.07) is 3.94. The normalized spacial score (nSPS) is 25.0. The maximum absolute atomic E-state index is 15.0. The zero-order valence-corrected chi connectivity index (χ0v) is 17.5. The predicted octanol–water partition coefficient (Wildman–Crippen LogP) is 2.56. The van der Waals surface area contributed by atoms with E-state index in [0.717, 1.165) is 23.3 Å². The minimum Gasteiger partial charge on any atom is -0.610 e. The molecule has 3 heterocycles. The number of hydroxylamine groups is 2. The lowest BCUT2D eigenvalue weighted by molar-refractivity contribution is -0.184. The molecule has 4 rings (SSSR count). The Kier molecular flexibility index (Phi) is 6.35. The van der Waals surface area contributed by atoms with E-state index in [0.29, 0.717) is 23.8 Å². The number of amides is 1. The quantitative estimate of drug-likeness (QED) is 0.522. The fraction of sp³-hybridized carbons (Fsp3) is 0.450. The molecule has 7 nitrogen and oxygen atoms in total. The van der Waals surface area contributed by atoms with Crippen molar-refractivity contribution in [2.75, 3.05) is 30.9 Å². The number of nitrogens with zero attached hydrogens (tertiary/aromatic N) is 4. The standard InChI is InChI=1S/C20H21F3N4O3S/c1-31(29)19-9-18(24-11-25-19)26-4-2-15(16(23)10-26)20(28)27-17(3-5-30-27)12-6-13(21)8-14(22)7-12/h6-9,11,15-17H,2-5,10H2,1H3/t15-,16+,17+,31-/m0/s1. The molecule has 166 valence electrons. The van der Waals surface area contributed by atoms with Crippen LogP contribution >= 0.6 is 0 Å². The van der Waals surface area contributed by atoms with Crippen LogP contribution in [-0.2, 0) is 20.8 Å². The van der Waals surface area contributed by atoms with Crippen molar-refractivity contribution in [1.29, 1.82) is 0 Å². The van der Waals surface area contributed by atoms with Gasteiger partial charge in [0.05, 0.1) is 31.2 Å². The van der Waals surface area contributed by atoms with Crippen molar-refractivity contribution in [1.82, 2.24) is 15.0 Å². The van der Waals surface area contributed by atoms with Gasteiger partial charge in [0.1, 0.15) is 36.2 Å². The van der Waals surface area contributed by atoms with Crippen molar-refractivity contribution in [2.45, 2.75) is 30.1 Å². The molecule has 1 aromatic carbocycles. The van der Waals surface area contributed by atoms with Gasteiger partial charge in [0.2, 0.25) is 5.03 Å². The van der Waals surface area contributed by atoms with Crippen LogP contribution in [0.1, 0.15) is 24.4 Å². The molecule has 0 N–H and O–H groups in total. The third-order valence-corrected chi connectivity index (χ3v) is 6.31. The molecule has 0 radical (unpaired) electrons. The highest BCUT2D eigenvalue weighted by atomic mass is 32.2. The number of carbonyl (C=O) groups excluding carboxylic acids is 1. The van der Waals surface area contributed by atoms with Crippen molar-refractivity contribution in [2.24, 2.45) is 5.92 Å². The molecule has 0 unspecified atom stereocenters. The Balaban J connectivity index is 1.47. The summed E-state index contributed by atoms with van der Waals surface area (Å²) in [7, 11) is 0. The molecule has 11 heteroatoms. The van der Waals surface area contributed by atoms with Gasteiger partial charge in [-0.2, -0.15) is 4.98 Å². The minimum atomic E-state index is -1.50. The van der Waals surface area contributed by atoms with Crippen molar-refractivity contribution < 1.29 is 27.4 Å². The predicted molar refractivity (Wildman–Crippen MR) is 106 cm³/mol. The average Bonchev–Trinajstić information content (AvgIpc) is 3.22. The second kappa shape index (κ2) is 9.01. The Morgan fingerprint density at radius 1 is 1.19 bits per heavy atom. The summed E-state index contributed by atoms with van der Waals surface area (Å²) in [5.41, 5.74) is 0.275. The fourth-order valence-corrected chi connectivity index (χ4v) is 4.44. The monoisotopic (exact) mass is 454 g/mol. The first kappa shape index (κ1) is 21.8. The minimum absolute atomic E-state index is 0.0731. The average molecular weight is 454 g/mol. The van der Waals surface area contributed by atoms with Gasteiger partial charge in [-0.05, 0) is 24.1 Å². The largest absolute Gasteiger partial charge is 0.610 e. The lowest BCUT2D eigenvalue weighted by atomic mass is 9.93. The third-order valence-electron chi connectivity index (χ3n) is 5.50. The molecule has 0 spiro atoms. The number of rotatable bonds is 4. The molecule has 1 amide bonds. The van der Waals surface area contributed by atoms with Gasteiger partial charge in [-0.25, -0.2) is 23.2 Å². The molecule has 2 saturated heterocycles. The molecular weight excluding hydrogens is 433 g/mol. The Bertz CT molecular complexity index is 947. The smallest absolute Gasteiger partial charge is 0.252 e. The number of carbonyl (C=O) groups is 1. The second-order valence-electron chi connectivity index (χ2n) is 7.53. The van der Waals surface area contributed by atoms with Crippen LogP contribution in [0.25, 0.3) is 0 Å². The van der Waals surface area contributed by atoms with Gasteiger partial charge in [0, 0.05) is 30.2 Å². The Hall–Kier alpha value is -2.37. The fourth-order valence-electron chi connectivity index (χ4n) is 3.97. The van der Waals surface area contributed by atoms with Crippen LogP contribution < -0.4 is 4.90 Å². The number of benzene rings is 1. The zero-order valence-electron chi connectivity index (χ0n) is 16.7. The van der Waals surface area contributed by atoms with Gasteiger partial charge in [-0.15, -0.1) is 0 Å². The van der Waals surface area contributed by atoms with E-state index in [2.05, 4.69) is 9.97 Å². The molecule has 2 fully saturated rings. The van der Waals surface area contributed by atoms with Crippen LogP contribution in [0.5, 0.6) is 0 Å². The van der Waals surface area contributed by atoms with Crippen LogP contribution in [0.2, 0.25) is 0 Å². The van der Waals surface area contributed by atoms with Gasteiger partial charge in [0.15, 0.2) is 0 Å². The van der Waals surface area contributed by atoms with E-state index in [1.54, 1.807) is 11.0 Å². The maximum atomic E-state index is 15.0. The van der Waals surface area contributed by atoms with E-state index in [9.17, 15) is 18.1 Å². The number of anilines is 1. The summed E-state index contributed by atoms with van der Waals surface area (Å²) in [6.45, 7) is 0.481. The highest BCUT2D eigenvalue weighted by Gasteiger charge is 2.42. The van der Waals surface area contributed by atoms with Gasteiger partial charge >= 0.3 is 0 Å². The Labute approximate surface area is 180 Å². The first-order chi connectivity index (χ1) is 14.8. The molecule has 2 aliphatic rings. The van der Waals surface area contributed by atoms with Gasteiger partial charge in [-0.1, -0.05) is 0 Å². The van der Waals surface area contributed by atoms with Crippen molar-refractivity contribution in [3.8, 4) is 0 Å². The van der Waals surface area contributed by atoms with E-state index >= 15 is 4.39 Å². The van der Waals surface area contributed by atoms with Crippen LogP contribution in [-0.4, -0.2) is 57.6 Å². The summed E-state index contributed by atoms with van der Waals surface area (Å²) < 4.78 is 53.9.